The standard InChI is InChI=1S/C20H38O4S/c1-6-10-12-17(8-3)19(21)23-14-15-25-16(5)24-20(22)18(9-4)13-11-7-2/h16-18H,6-15H2,1-5H3. The van der Waals surface area contributed by atoms with Gasteiger partial charge in [0.1, 0.15) is 12.0 Å². The maximum absolute atomic E-state index is 12.1. The summed E-state index contributed by atoms with van der Waals surface area (Å²) in [5.41, 5.74) is -0.205. The Labute approximate surface area is 158 Å². The Morgan fingerprint density at radius 2 is 1.40 bits per heavy atom. The predicted octanol–water partition coefficient (Wildman–Crippen LogP) is 5.58. The van der Waals surface area contributed by atoms with Crippen molar-refractivity contribution in [2.24, 2.45) is 11.8 Å². The molecule has 0 aliphatic carbocycles. The van der Waals surface area contributed by atoms with Crippen LogP contribution in [0.25, 0.3) is 0 Å². The van der Waals surface area contributed by atoms with E-state index in [1.54, 1.807) is 0 Å². The lowest BCUT2D eigenvalue weighted by Gasteiger charge is -2.18. The zero-order valence-corrected chi connectivity index (χ0v) is 17.7. The van der Waals surface area contributed by atoms with Crippen molar-refractivity contribution in [3.63, 3.8) is 0 Å². The maximum Gasteiger partial charge on any atom is 0.310 e. The van der Waals surface area contributed by atoms with Gasteiger partial charge in [-0.2, -0.15) is 0 Å². The highest BCUT2D eigenvalue weighted by atomic mass is 32.2. The van der Waals surface area contributed by atoms with E-state index in [2.05, 4.69) is 13.8 Å². The van der Waals surface area contributed by atoms with Gasteiger partial charge in [-0.3, -0.25) is 9.59 Å². The molecule has 3 atom stereocenters. The Morgan fingerprint density at radius 1 is 0.880 bits per heavy atom. The van der Waals surface area contributed by atoms with Gasteiger partial charge in [0.15, 0.2) is 0 Å². The molecule has 0 aromatic heterocycles. The number of unbranched alkanes of at least 4 members (excludes halogenated alkanes) is 2. The van der Waals surface area contributed by atoms with E-state index in [-0.39, 0.29) is 29.2 Å². The number of hydrogen-bond donors (Lipinski definition) is 0. The van der Waals surface area contributed by atoms with E-state index >= 15 is 0 Å². The lowest BCUT2D eigenvalue weighted by molar-refractivity contribution is -0.150. The monoisotopic (exact) mass is 374 g/mol. The lowest BCUT2D eigenvalue weighted by atomic mass is 10.00. The third kappa shape index (κ3) is 11.5. The zero-order chi connectivity index (χ0) is 19.1. The first kappa shape index (κ1) is 24.3. The quantitative estimate of drug-likeness (QED) is 0.213. The molecule has 0 rings (SSSR count). The lowest BCUT2D eigenvalue weighted by Crippen LogP contribution is -2.22. The SMILES string of the molecule is CCCCC(CC)C(=O)OCCSC(C)OC(=O)C(CC)CCCC. The molecule has 0 aliphatic heterocycles. The van der Waals surface area contributed by atoms with Crippen molar-refractivity contribution in [2.45, 2.75) is 91.4 Å². The van der Waals surface area contributed by atoms with Crippen molar-refractivity contribution >= 4 is 23.7 Å². The van der Waals surface area contributed by atoms with Gasteiger partial charge in [-0.15, -0.1) is 11.8 Å². The summed E-state index contributed by atoms with van der Waals surface area (Å²) in [5, 5.41) is 0. The highest BCUT2D eigenvalue weighted by Crippen LogP contribution is 2.19. The van der Waals surface area contributed by atoms with Gasteiger partial charge >= 0.3 is 11.9 Å². The molecule has 25 heavy (non-hydrogen) atoms. The third-order valence-electron chi connectivity index (χ3n) is 4.43. The molecule has 0 amide bonds. The highest BCUT2D eigenvalue weighted by Gasteiger charge is 2.20. The Bertz CT molecular complexity index is 360. The van der Waals surface area contributed by atoms with Crippen molar-refractivity contribution in [1.29, 1.82) is 0 Å². The number of rotatable bonds is 15. The molecule has 5 heteroatoms. The molecule has 0 heterocycles. The molecular formula is C20H38O4S. The van der Waals surface area contributed by atoms with E-state index in [1.807, 2.05) is 20.8 Å². The highest BCUT2D eigenvalue weighted by molar-refractivity contribution is 7.99. The Hall–Kier alpha value is -0.710. The molecule has 0 radical (unpaired) electrons. The molecule has 0 N–H and O–H groups in total. The number of carbonyl (C=O) groups is 2. The summed E-state index contributed by atoms with van der Waals surface area (Å²) >= 11 is 1.52. The van der Waals surface area contributed by atoms with Gasteiger partial charge in [0.25, 0.3) is 0 Å². The van der Waals surface area contributed by atoms with Crippen molar-refractivity contribution in [2.75, 3.05) is 12.4 Å². The van der Waals surface area contributed by atoms with Crippen molar-refractivity contribution in [3.05, 3.63) is 0 Å². The van der Waals surface area contributed by atoms with Crippen LogP contribution in [-0.2, 0) is 19.1 Å². The van der Waals surface area contributed by atoms with Gasteiger partial charge in [0, 0.05) is 5.75 Å². The van der Waals surface area contributed by atoms with E-state index in [0.717, 1.165) is 51.4 Å². The van der Waals surface area contributed by atoms with Crippen LogP contribution in [0, 0.1) is 11.8 Å². The second-order valence-corrected chi connectivity index (χ2v) is 7.94. The van der Waals surface area contributed by atoms with Gasteiger partial charge in [-0.25, -0.2) is 0 Å². The van der Waals surface area contributed by atoms with Crippen LogP contribution in [0.5, 0.6) is 0 Å². The van der Waals surface area contributed by atoms with E-state index < -0.39 is 0 Å². The van der Waals surface area contributed by atoms with Gasteiger partial charge in [-0.05, 0) is 32.6 Å². The minimum atomic E-state index is -0.205. The van der Waals surface area contributed by atoms with Crippen LogP contribution in [-0.4, -0.2) is 29.7 Å². The number of esters is 2. The van der Waals surface area contributed by atoms with Crippen LogP contribution in [0.1, 0.15) is 86.0 Å². The Balaban J connectivity index is 4.00. The Kier molecular flexibility index (Phi) is 15.1. The first-order chi connectivity index (χ1) is 12.0. The summed E-state index contributed by atoms with van der Waals surface area (Å²) in [4.78, 5) is 24.2. The van der Waals surface area contributed by atoms with Gasteiger partial charge in [0.2, 0.25) is 0 Å². The molecule has 0 aromatic carbocycles. The summed E-state index contributed by atoms with van der Waals surface area (Å²) in [7, 11) is 0. The fourth-order valence-corrected chi connectivity index (χ4v) is 3.32. The predicted molar refractivity (Wildman–Crippen MR) is 106 cm³/mol. The van der Waals surface area contributed by atoms with Crippen LogP contribution in [0.2, 0.25) is 0 Å². The van der Waals surface area contributed by atoms with Gasteiger partial charge in [-0.1, -0.05) is 53.4 Å². The van der Waals surface area contributed by atoms with Crippen LogP contribution >= 0.6 is 11.8 Å². The molecular weight excluding hydrogens is 336 g/mol. The first-order valence-corrected chi connectivity index (χ1v) is 11.0. The fourth-order valence-electron chi connectivity index (χ4n) is 2.65. The van der Waals surface area contributed by atoms with Crippen LogP contribution in [0.4, 0.5) is 0 Å². The first-order valence-electron chi connectivity index (χ1n) is 9.98. The molecule has 3 unspecified atom stereocenters. The number of thioether (sulfide) groups is 1. The van der Waals surface area contributed by atoms with Crippen molar-refractivity contribution in [3.8, 4) is 0 Å². The van der Waals surface area contributed by atoms with Gasteiger partial charge in [0.05, 0.1) is 11.8 Å². The average Bonchev–Trinajstić information content (AvgIpc) is 2.60. The number of ether oxygens (including phenoxy) is 2. The minimum absolute atomic E-state index is 0.00436. The number of carbonyl (C=O) groups excluding carboxylic acids is 2. The van der Waals surface area contributed by atoms with E-state index in [1.165, 1.54) is 11.8 Å². The smallest absolute Gasteiger partial charge is 0.310 e. The molecule has 0 saturated carbocycles. The van der Waals surface area contributed by atoms with Gasteiger partial charge < -0.3 is 9.47 Å². The van der Waals surface area contributed by atoms with Crippen molar-refractivity contribution in [1.82, 2.24) is 0 Å². The molecule has 0 aliphatic rings. The minimum Gasteiger partial charge on any atom is -0.465 e. The van der Waals surface area contributed by atoms with Crippen LogP contribution in [0.3, 0.4) is 0 Å². The van der Waals surface area contributed by atoms with E-state index in [0.29, 0.717) is 12.4 Å². The molecule has 4 nitrogen and oxygen atoms in total. The molecule has 0 saturated heterocycles. The van der Waals surface area contributed by atoms with E-state index in [4.69, 9.17) is 9.47 Å². The van der Waals surface area contributed by atoms with Crippen molar-refractivity contribution < 1.29 is 19.1 Å². The summed E-state index contributed by atoms with van der Waals surface area (Å²) in [6.45, 7) is 10.6. The second-order valence-electron chi connectivity index (χ2n) is 6.54. The molecule has 0 aromatic rings. The topological polar surface area (TPSA) is 52.6 Å². The maximum atomic E-state index is 12.1. The molecule has 148 valence electrons. The molecule has 0 spiro atoms. The summed E-state index contributed by atoms with van der Waals surface area (Å²) < 4.78 is 10.9. The summed E-state index contributed by atoms with van der Waals surface area (Å²) in [5.74, 6) is 0.482. The zero-order valence-electron chi connectivity index (χ0n) is 16.8. The molecule has 0 fully saturated rings. The second kappa shape index (κ2) is 15.5. The number of hydrogen-bond acceptors (Lipinski definition) is 5. The Morgan fingerprint density at radius 3 is 1.88 bits per heavy atom. The summed E-state index contributed by atoms with van der Waals surface area (Å²) in [6.07, 6.45) is 7.77. The largest absolute Gasteiger partial charge is 0.465 e. The third-order valence-corrected chi connectivity index (χ3v) is 5.39. The normalized spacial score (nSPS) is 14.6. The average molecular weight is 375 g/mol. The summed E-state index contributed by atoms with van der Waals surface area (Å²) in [6, 6.07) is 0. The van der Waals surface area contributed by atoms with E-state index in [9.17, 15) is 9.59 Å². The fraction of sp³-hybridized carbons (Fsp3) is 0.900. The van der Waals surface area contributed by atoms with Crippen LogP contribution < -0.4 is 0 Å². The molecule has 0 bridgehead atoms. The van der Waals surface area contributed by atoms with Crippen LogP contribution in [0.15, 0.2) is 0 Å².